The summed E-state index contributed by atoms with van der Waals surface area (Å²) in [5, 5.41) is 0. The lowest BCUT2D eigenvalue weighted by molar-refractivity contribution is -0.123. The van der Waals surface area contributed by atoms with E-state index in [1.165, 1.54) is 6.21 Å². The smallest absolute Gasteiger partial charge is 0.180 e. The molecule has 0 aromatic rings. The van der Waals surface area contributed by atoms with Gasteiger partial charge in [0.2, 0.25) is 0 Å². The van der Waals surface area contributed by atoms with Gasteiger partial charge in [0.25, 0.3) is 0 Å². The van der Waals surface area contributed by atoms with Gasteiger partial charge in [0.1, 0.15) is 0 Å². The van der Waals surface area contributed by atoms with Crippen LogP contribution < -0.4 is 0 Å². The summed E-state index contributed by atoms with van der Waals surface area (Å²) >= 11 is 0. The van der Waals surface area contributed by atoms with Crippen LogP contribution >= 0.6 is 0 Å². The van der Waals surface area contributed by atoms with Crippen LogP contribution in [0.1, 0.15) is 6.42 Å². The maximum absolute atomic E-state index is 10.3. The number of hydrogen-bond donors (Lipinski definition) is 0. The van der Waals surface area contributed by atoms with Crippen molar-refractivity contribution < 1.29 is 9.59 Å². The zero-order valence-electron chi connectivity index (χ0n) is 4.26. The molecule has 1 aliphatic rings. The van der Waals surface area contributed by atoms with Gasteiger partial charge in [-0.3, -0.25) is 14.6 Å². The van der Waals surface area contributed by atoms with Gasteiger partial charge in [0, 0.05) is 0 Å². The summed E-state index contributed by atoms with van der Waals surface area (Å²) in [5.74, 6) is -0.265. The molecule has 0 saturated carbocycles. The molecule has 1 aliphatic heterocycles. The Hall–Kier alpha value is -0.990. The molecule has 1 heterocycles. The molecule has 3 nitrogen and oxygen atoms in total. The average molecular weight is 111 g/mol. The summed E-state index contributed by atoms with van der Waals surface area (Å²) in [6, 6.07) is 0. The minimum absolute atomic E-state index is 0.0451. The first-order valence-corrected chi connectivity index (χ1v) is 2.33. The quantitative estimate of drug-likeness (QED) is 0.399. The van der Waals surface area contributed by atoms with E-state index < -0.39 is 0 Å². The minimum atomic E-state index is -0.179. The van der Waals surface area contributed by atoms with E-state index in [2.05, 4.69) is 4.99 Å². The molecule has 0 unspecified atom stereocenters. The van der Waals surface area contributed by atoms with Gasteiger partial charge in [-0.2, -0.15) is 0 Å². The van der Waals surface area contributed by atoms with E-state index in [1.54, 1.807) is 0 Å². The molecule has 3 heteroatoms. The highest BCUT2D eigenvalue weighted by molar-refractivity contribution is 6.33. The average Bonchev–Trinajstić information content (AvgIpc) is 1.64. The predicted octanol–water partition coefficient (Wildman–Crippen LogP) is -0.401. The van der Waals surface area contributed by atoms with Crippen molar-refractivity contribution in [2.45, 2.75) is 6.42 Å². The van der Waals surface area contributed by atoms with Crippen molar-refractivity contribution in [1.29, 1.82) is 0 Å². The van der Waals surface area contributed by atoms with Crippen LogP contribution in [0.4, 0.5) is 0 Å². The zero-order valence-corrected chi connectivity index (χ0v) is 4.26. The summed E-state index contributed by atoms with van der Waals surface area (Å²) in [7, 11) is 0. The lowest BCUT2D eigenvalue weighted by Gasteiger charge is -1.96. The van der Waals surface area contributed by atoms with Gasteiger partial charge in [-0.1, -0.05) is 0 Å². The van der Waals surface area contributed by atoms with E-state index in [0.29, 0.717) is 0 Å². The van der Waals surface area contributed by atoms with Gasteiger partial charge in [0.15, 0.2) is 11.6 Å². The molecular weight excluding hydrogens is 106 g/mol. The Kier molecular flexibility index (Phi) is 1.20. The fourth-order valence-electron chi connectivity index (χ4n) is 0.545. The van der Waals surface area contributed by atoms with Crippen LogP contribution in [0, 0.1) is 0 Å². The van der Waals surface area contributed by atoms with Crippen molar-refractivity contribution in [1.82, 2.24) is 0 Å². The number of ketones is 2. The van der Waals surface area contributed by atoms with Crippen molar-refractivity contribution in [3.8, 4) is 0 Å². The van der Waals surface area contributed by atoms with E-state index in [-0.39, 0.29) is 24.5 Å². The highest BCUT2D eigenvalue weighted by Crippen LogP contribution is 1.90. The van der Waals surface area contributed by atoms with Crippen LogP contribution in [0.25, 0.3) is 0 Å². The summed E-state index contributed by atoms with van der Waals surface area (Å²) in [6.45, 7) is 0.186. The van der Waals surface area contributed by atoms with Crippen molar-refractivity contribution in [3.63, 3.8) is 0 Å². The molecule has 0 saturated heterocycles. The van der Waals surface area contributed by atoms with Crippen LogP contribution in [-0.4, -0.2) is 24.3 Å². The van der Waals surface area contributed by atoms with Gasteiger partial charge in [-0.15, -0.1) is 0 Å². The molecule has 0 aromatic heterocycles. The van der Waals surface area contributed by atoms with E-state index in [9.17, 15) is 9.59 Å². The predicted molar refractivity (Wildman–Crippen MR) is 28.0 cm³/mol. The van der Waals surface area contributed by atoms with Crippen LogP contribution in [0.2, 0.25) is 0 Å². The van der Waals surface area contributed by atoms with Crippen molar-refractivity contribution in [2.75, 3.05) is 6.54 Å². The molecule has 0 radical (unpaired) electrons. The first-order chi connectivity index (χ1) is 3.79. The molecule has 8 heavy (non-hydrogen) atoms. The monoisotopic (exact) mass is 111 g/mol. The molecule has 0 atom stereocenters. The summed E-state index contributed by atoms with van der Waals surface area (Å²) in [6.07, 6.45) is 1.25. The first kappa shape index (κ1) is 5.15. The van der Waals surface area contributed by atoms with Crippen molar-refractivity contribution >= 4 is 17.8 Å². The number of rotatable bonds is 0. The Bertz CT molecular complexity index is 160. The molecule has 0 aliphatic carbocycles. The van der Waals surface area contributed by atoms with E-state index in [0.717, 1.165) is 0 Å². The largest absolute Gasteiger partial charge is 0.297 e. The van der Waals surface area contributed by atoms with Gasteiger partial charge < -0.3 is 0 Å². The van der Waals surface area contributed by atoms with Gasteiger partial charge in [-0.05, 0) is 0 Å². The Labute approximate surface area is 46.4 Å². The lowest BCUT2D eigenvalue weighted by atomic mass is 10.2. The number of carbonyl (C=O) groups is 2. The van der Waals surface area contributed by atoms with Crippen LogP contribution in [-0.2, 0) is 9.59 Å². The molecule has 0 aromatic carbocycles. The maximum Gasteiger partial charge on any atom is 0.180 e. The van der Waals surface area contributed by atoms with Crippen molar-refractivity contribution in [3.05, 3.63) is 0 Å². The molecule has 42 valence electrons. The highest BCUT2D eigenvalue weighted by atomic mass is 16.1. The molecule has 0 spiro atoms. The van der Waals surface area contributed by atoms with E-state index in [4.69, 9.17) is 0 Å². The van der Waals surface area contributed by atoms with Gasteiger partial charge in [-0.25, -0.2) is 0 Å². The topological polar surface area (TPSA) is 46.5 Å². The second-order valence-electron chi connectivity index (χ2n) is 1.65. The summed E-state index contributed by atoms with van der Waals surface area (Å²) in [5.41, 5.74) is 0. The normalized spacial score (nSPS) is 19.5. The molecule has 0 N–H and O–H groups in total. The molecule has 0 bridgehead atoms. The number of Topliss-reactive ketones (excluding diaryl/α,β-unsaturated/α-hetero) is 2. The second kappa shape index (κ2) is 1.86. The number of nitrogens with zero attached hydrogens (tertiary/aromatic N) is 1. The third kappa shape index (κ3) is 0.992. The Morgan fingerprint density at radius 2 is 2.25 bits per heavy atom. The Morgan fingerprint density at radius 3 is 2.62 bits per heavy atom. The fraction of sp³-hybridized carbons (Fsp3) is 0.400. The Balaban J connectivity index is 2.68. The van der Waals surface area contributed by atoms with E-state index in [1.807, 2.05) is 0 Å². The zero-order chi connectivity index (χ0) is 5.98. The standard InChI is InChI=1S/C5H5NO2/c7-4-1-5(8)3-6-2-4/h2H,1,3H2. The summed E-state index contributed by atoms with van der Waals surface area (Å²) in [4.78, 5) is 24.2. The molecular formula is C5H5NO2. The minimum Gasteiger partial charge on any atom is -0.297 e. The first-order valence-electron chi connectivity index (χ1n) is 2.33. The van der Waals surface area contributed by atoms with Crippen LogP contribution in [0.15, 0.2) is 4.99 Å². The number of hydrogen-bond acceptors (Lipinski definition) is 3. The SMILES string of the molecule is O=C1C=NCC(=O)C1. The van der Waals surface area contributed by atoms with Gasteiger partial charge in [0.05, 0.1) is 19.2 Å². The fourth-order valence-corrected chi connectivity index (χ4v) is 0.545. The second-order valence-corrected chi connectivity index (χ2v) is 1.65. The van der Waals surface area contributed by atoms with Crippen LogP contribution in [0.5, 0.6) is 0 Å². The van der Waals surface area contributed by atoms with Crippen molar-refractivity contribution in [2.24, 2.45) is 4.99 Å². The molecule has 0 fully saturated rings. The highest BCUT2D eigenvalue weighted by Gasteiger charge is 2.10. The third-order valence-electron chi connectivity index (χ3n) is 0.874. The van der Waals surface area contributed by atoms with Crippen LogP contribution in [0.3, 0.4) is 0 Å². The lowest BCUT2D eigenvalue weighted by Crippen LogP contribution is -2.16. The third-order valence-corrected chi connectivity index (χ3v) is 0.874. The number of aliphatic imine (C=N–C) groups is 1. The Morgan fingerprint density at radius 1 is 1.50 bits per heavy atom. The molecule has 1 rings (SSSR count). The molecule has 0 amide bonds. The van der Waals surface area contributed by atoms with Gasteiger partial charge >= 0.3 is 0 Å². The summed E-state index contributed by atoms with van der Waals surface area (Å²) < 4.78 is 0. The maximum atomic E-state index is 10.3. The van der Waals surface area contributed by atoms with E-state index >= 15 is 0 Å². The number of carbonyl (C=O) groups excluding carboxylic acids is 2.